The van der Waals surface area contributed by atoms with E-state index in [4.69, 9.17) is 0 Å². The predicted molar refractivity (Wildman–Crippen MR) is 77.8 cm³/mol. The van der Waals surface area contributed by atoms with Crippen LogP contribution in [0.15, 0.2) is 5.16 Å². The average molecular weight is 317 g/mol. The molecule has 0 bridgehead atoms. The maximum atomic E-state index is 10.3. The van der Waals surface area contributed by atoms with Gasteiger partial charge in [0.15, 0.2) is 0 Å². The smallest absolute Gasteiger partial charge is 0.209 e. The molecule has 2 rings (SSSR count). The number of hydrogen-bond donors (Lipinski definition) is 3. The number of hydrogen-bond acceptors (Lipinski definition) is 8. The van der Waals surface area contributed by atoms with Crippen LogP contribution in [-0.2, 0) is 7.05 Å². The number of aromatic nitrogens is 4. The minimum absolute atomic E-state index is 0.162. The van der Waals surface area contributed by atoms with Gasteiger partial charge in [-0.15, -0.1) is 5.10 Å². The number of thioether (sulfide) groups is 1. The highest BCUT2D eigenvalue weighted by atomic mass is 32.2. The van der Waals surface area contributed by atoms with Crippen LogP contribution in [0.25, 0.3) is 0 Å². The number of piperidine rings is 1. The zero-order valence-electron chi connectivity index (χ0n) is 12.3. The Morgan fingerprint density at radius 3 is 2.67 bits per heavy atom. The summed E-state index contributed by atoms with van der Waals surface area (Å²) < 4.78 is 1.54. The van der Waals surface area contributed by atoms with Crippen molar-refractivity contribution in [2.24, 2.45) is 7.05 Å². The highest BCUT2D eigenvalue weighted by molar-refractivity contribution is 7.99. The van der Waals surface area contributed by atoms with Crippen molar-refractivity contribution in [2.45, 2.75) is 48.4 Å². The van der Waals surface area contributed by atoms with Crippen molar-refractivity contribution in [3.05, 3.63) is 0 Å². The third-order valence-corrected chi connectivity index (χ3v) is 5.12. The first-order valence-electron chi connectivity index (χ1n) is 7.18. The summed E-state index contributed by atoms with van der Waals surface area (Å²) in [5, 5.41) is 41.6. The van der Waals surface area contributed by atoms with Crippen molar-refractivity contribution in [1.82, 2.24) is 25.1 Å². The Morgan fingerprint density at radius 1 is 1.33 bits per heavy atom. The molecule has 3 N–H and O–H groups in total. The van der Waals surface area contributed by atoms with E-state index in [0.29, 0.717) is 11.7 Å². The zero-order chi connectivity index (χ0) is 15.4. The maximum Gasteiger partial charge on any atom is 0.209 e. The second kappa shape index (κ2) is 7.50. The van der Waals surface area contributed by atoms with E-state index in [2.05, 4.69) is 22.4 Å². The summed E-state index contributed by atoms with van der Waals surface area (Å²) in [5.74, 6) is 0. The van der Waals surface area contributed by atoms with Crippen LogP contribution in [0.5, 0.6) is 0 Å². The number of likely N-dealkylation sites (tertiary alicyclic amines) is 1. The normalized spacial score (nSPS) is 30.7. The molecule has 1 saturated heterocycles. The molecular weight excluding hydrogens is 294 g/mol. The van der Waals surface area contributed by atoms with Gasteiger partial charge in [-0.2, -0.15) is 0 Å². The van der Waals surface area contributed by atoms with Crippen LogP contribution in [0.3, 0.4) is 0 Å². The first-order chi connectivity index (χ1) is 10.1. The summed E-state index contributed by atoms with van der Waals surface area (Å²) in [4.78, 5) is 2.04. The number of unbranched alkanes of at least 4 members (excludes halogenated alkanes) is 1. The lowest BCUT2D eigenvalue weighted by atomic mass is 9.95. The summed E-state index contributed by atoms with van der Waals surface area (Å²) in [5.41, 5.74) is 0. The van der Waals surface area contributed by atoms with Crippen molar-refractivity contribution in [3.63, 3.8) is 0 Å². The van der Waals surface area contributed by atoms with Crippen molar-refractivity contribution < 1.29 is 15.3 Å². The van der Waals surface area contributed by atoms with Gasteiger partial charge in [-0.05, 0) is 23.4 Å². The summed E-state index contributed by atoms with van der Waals surface area (Å²) in [7, 11) is 1.74. The fourth-order valence-corrected chi connectivity index (χ4v) is 3.65. The van der Waals surface area contributed by atoms with Gasteiger partial charge in [-0.25, -0.2) is 4.68 Å². The molecule has 21 heavy (non-hydrogen) atoms. The second-order valence-corrected chi connectivity index (χ2v) is 6.53. The highest BCUT2D eigenvalue weighted by Gasteiger charge is 2.42. The first-order valence-corrected chi connectivity index (χ1v) is 8.06. The van der Waals surface area contributed by atoms with Gasteiger partial charge in [-0.1, -0.05) is 25.1 Å². The molecule has 1 aromatic rings. The van der Waals surface area contributed by atoms with Crippen LogP contribution in [0.4, 0.5) is 0 Å². The second-order valence-electron chi connectivity index (χ2n) is 5.32. The molecule has 2 heterocycles. The van der Waals surface area contributed by atoms with Crippen LogP contribution in [0.1, 0.15) is 19.8 Å². The molecule has 0 radical (unpaired) electrons. The fraction of sp³-hybridized carbons (Fsp3) is 0.917. The zero-order valence-corrected chi connectivity index (χ0v) is 13.1. The lowest BCUT2D eigenvalue weighted by Crippen LogP contribution is -2.61. The van der Waals surface area contributed by atoms with Crippen LogP contribution < -0.4 is 0 Å². The Kier molecular flexibility index (Phi) is 5.94. The molecule has 0 aromatic carbocycles. The molecule has 0 saturated carbocycles. The van der Waals surface area contributed by atoms with Gasteiger partial charge in [0.05, 0.1) is 30.1 Å². The number of rotatable bonds is 6. The van der Waals surface area contributed by atoms with E-state index in [1.54, 1.807) is 7.05 Å². The van der Waals surface area contributed by atoms with Crippen molar-refractivity contribution in [3.8, 4) is 0 Å². The first kappa shape index (κ1) is 16.6. The quantitative estimate of drug-likeness (QED) is 0.605. The van der Waals surface area contributed by atoms with Crippen LogP contribution in [0.2, 0.25) is 0 Å². The van der Waals surface area contributed by atoms with Crippen molar-refractivity contribution in [2.75, 3.05) is 19.7 Å². The fourth-order valence-electron chi connectivity index (χ4n) is 2.54. The summed E-state index contributed by atoms with van der Waals surface area (Å²) in [6, 6.07) is -0.416. The molecule has 120 valence electrons. The van der Waals surface area contributed by atoms with Crippen LogP contribution in [0, 0.1) is 0 Å². The molecule has 9 heteroatoms. The molecule has 0 amide bonds. The van der Waals surface area contributed by atoms with Crippen LogP contribution >= 0.6 is 11.8 Å². The minimum Gasteiger partial charge on any atom is -0.395 e. The maximum absolute atomic E-state index is 10.3. The number of tetrazole rings is 1. The van der Waals surface area contributed by atoms with Gasteiger partial charge in [-0.3, -0.25) is 4.90 Å². The number of nitrogens with zero attached hydrogens (tertiary/aromatic N) is 5. The van der Waals surface area contributed by atoms with Gasteiger partial charge >= 0.3 is 0 Å². The van der Waals surface area contributed by atoms with Gasteiger partial charge in [0.25, 0.3) is 0 Å². The Labute approximate surface area is 128 Å². The molecule has 1 aliphatic rings. The molecule has 0 aliphatic carbocycles. The lowest BCUT2D eigenvalue weighted by Gasteiger charge is -2.44. The molecule has 0 spiro atoms. The summed E-state index contributed by atoms with van der Waals surface area (Å²) in [6.45, 7) is 3.31. The van der Waals surface area contributed by atoms with E-state index >= 15 is 0 Å². The molecule has 1 aliphatic heterocycles. The Balaban J connectivity index is 2.08. The van der Waals surface area contributed by atoms with E-state index in [1.165, 1.54) is 16.4 Å². The highest BCUT2D eigenvalue weighted by Crippen LogP contribution is 2.30. The van der Waals surface area contributed by atoms with Gasteiger partial charge < -0.3 is 15.3 Å². The van der Waals surface area contributed by atoms with E-state index in [0.717, 1.165) is 19.4 Å². The molecule has 1 fully saturated rings. The third kappa shape index (κ3) is 3.72. The van der Waals surface area contributed by atoms with E-state index < -0.39 is 18.2 Å². The molecule has 4 atom stereocenters. The largest absolute Gasteiger partial charge is 0.395 e. The SMILES string of the molecule is CCCCN1C[C@H](Sc2nnnn2C)[C@@H](O)[C@H](O)C1CO. The lowest BCUT2D eigenvalue weighted by molar-refractivity contribution is -0.0858. The number of aliphatic hydroxyl groups excluding tert-OH is 3. The monoisotopic (exact) mass is 317 g/mol. The van der Waals surface area contributed by atoms with E-state index in [1.807, 2.05) is 4.90 Å². The predicted octanol–water partition coefficient (Wildman–Crippen LogP) is -1.13. The Bertz CT molecular complexity index is 446. The van der Waals surface area contributed by atoms with Crippen LogP contribution in [-0.4, -0.2) is 83.6 Å². The van der Waals surface area contributed by atoms with Gasteiger partial charge in [0.1, 0.15) is 0 Å². The van der Waals surface area contributed by atoms with Crippen molar-refractivity contribution in [1.29, 1.82) is 0 Å². The van der Waals surface area contributed by atoms with Gasteiger partial charge in [0, 0.05) is 13.6 Å². The van der Waals surface area contributed by atoms with Gasteiger partial charge in [0.2, 0.25) is 5.16 Å². The molecule has 1 aromatic heterocycles. The average Bonchev–Trinajstić information content (AvgIpc) is 2.87. The molecule has 1 unspecified atom stereocenters. The Hall–Kier alpha value is -0.740. The molecule has 8 nitrogen and oxygen atoms in total. The van der Waals surface area contributed by atoms with E-state index in [-0.39, 0.29) is 11.9 Å². The third-order valence-electron chi connectivity index (χ3n) is 3.83. The molecular formula is C12H23N5O3S. The van der Waals surface area contributed by atoms with Crippen molar-refractivity contribution >= 4 is 11.8 Å². The number of aliphatic hydroxyl groups is 3. The topological polar surface area (TPSA) is 108 Å². The summed E-state index contributed by atoms with van der Waals surface area (Å²) in [6.07, 6.45) is 0.140. The Morgan fingerprint density at radius 2 is 2.10 bits per heavy atom. The number of aryl methyl sites for hydroxylation is 1. The minimum atomic E-state index is -0.973. The van der Waals surface area contributed by atoms with E-state index in [9.17, 15) is 15.3 Å². The summed E-state index contributed by atoms with van der Waals surface area (Å²) >= 11 is 1.35. The standard InChI is InChI=1S/C12H23N5O3S/c1-3-4-5-17-6-9(11(20)10(19)8(17)7-18)21-12-13-14-15-16(12)2/h8-11,18-20H,3-7H2,1-2H3/t8?,9-,10+,11+/m0/s1.